The Morgan fingerprint density at radius 3 is 2.52 bits per heavy atom. The Hall–Kier alpha value is -2.33. The first-order chi connectivity index (χ1) is 12.0. The van der Waals surface area contributed by atoms with Crippen LogP contribution in [0.2, 0.25) is 0 Å². The Bertz CT molecular complexity index is 761. The molecule has 3 rings (SSSR count). The van der Waals surface area contributed by atoms with Crippen LogP contribution in [0.3, 0.4) is 0 Å². The Balaban J connectivity index is 1.58. The van der Waals surface area contributed by atoms with Crippen LogP contribution in [0.25, 0.3) is 0 Å². The number of phenols is 1. The van der Waals surface area contributed by atoms with Gasteiger partial charge in [-0.2, -0.15) is 5.10 Å². The van der Waals surface area contributed by atoms with Crippen molar-refractivity contribution in [2.45, 2.75) is 27.3 Å². The molecular formula is C21H28N3O+. The molecule has 0 atom stereocenters. The number of phenolic OH excluding ortho intramolecular Hbond substituents is 1. The number of quaternary nitrogens is 1. The molecule has 0 unspecified atom stereocenters. The van der Waals surface area contributed by atoms with Gasteiger partial charge in [0.05, 0.1) is 31.9 Å². The molecule has 1 aliphatic heterocycles. The molecule has 1 aliphatic rings. The van der Waals surface area contributed by atoms with Crippen molar-refractivity contribution in [2.75, 3.05) is 26.2 Å². The van der Waals surface area contributed by atoms with Crippen molar-refractivity contribution in [3.63, 3.8) is 0 Å². The lowest BCUT2D eigenvalue weighted by atomic mass is 10.1. The Morgan fingerprint density at radius 2 is 1.84 bits per heavy atom. The first-order valence-corrected chi connectivity index (χ1v) is 9.01. The summed E-state index contributed by atoms with van der Waals surface area (Å²) in [4.78, 5) is 1.61. The normalized spacial score (nSPS) is 16.3. The third-order valence-electron chi connectivity index (χ3n) is 4.97. The lowest BCUT2D eigenvalue weighted by Gasteiger charge is -2.31. The maximum atomic E-state index is 9.96. The fourth-order valence-electron chi connectivity index (χ4n) is 3.45. The zero-order chi connectivity index (χ0) is 17.8. The lowest BCUT2D eigenvalue weighted by Crippen LogP contribution is -3.13. The third-order valence-corrected chi connectivity index (χ3v) is 4.97. The number of benzene rings is 2. The molecule has 0 spiro atoms. The van der Waals surface area contributed by atoms with Gasteiger partial charge in [0.25, 0.3) is 0 Å². The summed E-state index contributed by atoms with van der Waals surface area (Å²) >= 11 is 0. The molecule has 132 valence electrons. The molecule has 1 fully saturated rings. The molecule has 2 aromatic rings. The Morgan fingerprint density at radius 1 is 1.12 bits per heavy atom. The average molecular weight is 338 g/mol. The third kappa shape index (κ3) is 4.40. The van der Waals surface area contributed by atoms with Gasteiger partial charge in [-0.25, -0.2) is 0 Å². The van der Waals surface area contributed by atoms with Crippen molar-refractivity contribution >= 4 is 5.71 Å². The molecule has 0 bridgehead atoms. The minimum atomic E-state index is 0.294. The lowest BCUT2D eigenvalue weighted by molar-refractivity contribution is -0.918. The molecule has 2 aromatic carbocycles. The minimum Gasteiger partial charge on any atom is -0.507 e. The molecule has 2 N–H and O–H groups in total. The van der Waals surface area contributed by atoms with E-state index in [-0.39, 0.29) is 0 Å². The number of hydrogen-bond acceptors (Lipinski definition) is 3. The summed E-state index contributed by atoms with van der Waals surface area (Å²) in [5.41, 5.74) is 5.85. The summed E-state index contributed by atoms with van der Waals surface area (Å²) in [7, 11) is 0. The molecule has 1 heterocycles. The highest BCUT2D eigenvalue weighted by Crippen LogP contribution is 2.17. The second kappa shape index (κ2) is 7.70. The van der Waals surface area contributed by atoms with Gasteiger partial charge in [0.2, 0.25) is 0 Å². The number of aromatic hydroxyl groups is 1. The van der Waals surface area contributed by atoms with Crippen molar-refractivity contribution in [2.24, 2.45) is 5.10 Å². The van der Waals surface area contributed by atoms with Crippen molar-refractivity contribution < 1.29 is 10.0 Å². The van der Waals surface area contributed by atoms with E-state index in [2.05, 4.69) is 37.1 Å². The summed E-state index contributed by atoms with van der Waals surface area (Å²) in [5.74, 6) is 0.294. The van der Waals surface area contributed by atoms with Crippen LogP contribution in [-0.2, 0) is 6.54 Å². The van der Waals surface area contributed by atoms with Gasteiger partial charge in [-0.15, -0.1) is 0 Å². The summed E-state index contributed by atoms with van der Waals surface area (Å²) in [6.07, 6.45) is 0. The van der Waals surface area contributed by atoms with Crippen LogP contribution in [0.4, 0.5) is 0 Å². The topological polar surface area (TPSA) is 40.3 Å². The number of nitrogens with one attached hydrogen (secondary N) is 1. The van der Waals surface area contributed by atoms with Gasteiger partial charge < -0.3 is 10.0 Å². The molecular weight excluding hydrogens is 310 g/mol. The van der Waals surface area contributed by atoms with E-state index < -0.39 is 0 Å². The van der Waals surface area contributed by atoms with Crippen LogP contribution < -0.4 is 4.90 Å². The van der Waals surface area contributed by atoms with Crippen molar-refractivity contribution in [3.05, 3.63) is 64.7 Å². The van der Waals surface area contributed by atoms with Gasteiger partial charge in [0.15, 0.2) is 0 Å². The Kier molecular flexibility index (Phi) is 5.39. The van der Waals surface area contributed by atoms with Crippen molar-refractivity contribution in [1.82, 2.24) is 5.01 Å². The molecule has 0 aromatic heterocycles. The van der Waals surface area contributed by atoms with Crippen LogP contribution in [0.5, 0.6) is 5.75 Å². The number of piperazine rings is 1. The second-order valence-electron chi connectivity index (χ2n) is 7.01. The SMILES string of the molecule is C/C(=N\N1CC[NH+](Cc2ccc(C)cc2C)CC1)c1ccccc1O. The predicted molar refractivity (Wildman–Crippen MR) is 102 cm³/mol. The zero-order valence-electron chi connectivity index (χ0n) is 15.4. The molecule has 25 heavy (non-hydrogen) atoms. The number of para-hydroxylation sites is 1. The van der Waals surface area contributed by atoms with E-state index >= 15 is 0 Å². The largest absolute Gasteiger partial charge is 0.507 e. The number of hydrogen-bond donors (Lipinski definition) is 2. The number of nitrogens with zero attached hydrogens (tertiary/aromatic N) is 2. The van der Waals surface area contributed by atoms with E-state index in [1.54, 1.807) is 11.0 Å². The predicted octanol–water partition coefficient (Wildman–Crippen LogP) is 2.13. The minimum absolute atomic E-state index is 0.294. The fraction of sp³-hybridized carbons (Fsp3) is 0.381. The first kappa shape index (κ1) is 17.5. The number of rotatable bonds is 4. The molecule has 1 saturated heterocycles. The smallest absolute Gasteiger partial charge is 0.124 e. The van der Waals surface area contributed by atoms with Crippen molar-refractivity contribution in [1.29, 1.82) is 0 Å². The van der Waals surface area contributed by atoms with Gasteiger partial charge in [-0.1, -0.05) is 35.9 Å². The standard InChI is InChI=1S/C21H27N3O/c1-16-8-9-19(17(2)14-16)15-23-10-12-24(13-11-23)22-18(3)20-6-4-5-7-21(20)25/h4-9,14,25H,10-13,15H2,1-3H3/p+1/b22-18+. The van der Waals surface area contributed by atoms with Gasteiger partial charge in [-0.3, -0.25) is 5.01 Å². The summed E-state index contributed by atoms with van der Waals surface area (Å²) < 4.78 is 0. The summed E-state index contributed by atoms with van der Waals surface area (Å²) in [6.45, 7) is 11.5. The van der Waals surface area contributed by atoms with Crippen LogP contribution in [-0.4, -0.2) is 42.0 Å². The molecule has 0 saturated carbocycles. The monoisotopic (exact) mass is 338 g/mol. The van der Waals surface area contributed by atoms with Crippen LogP contribution in [0, 0.1) is 13.8 Å². The highest BCUT2D eigenvalue weighted by Gasteiger charge is 2.20. The highest BCUT2D eigenvalue weighted by molar-refractivity contribution is 6.00. The maximum Gasteiger partial charge on any atom is 0.124 e. The first-order valence-electron chi connectivity index (χ1n) is 9.01. The van der Waals surface area contributed by atoms with E-state index in [4.69, 9.17) is 5.10 Å². The quantitative estimate of drug-likeness (QED) is 0.839. The van der Waals surface area contributed by atoms with Gasteiger partial charge in [-0.05, 0) is 38.5 Å². The highest BCUT2D eigenvalue weighted by atomic mass is 16.3. The number of hydrazone groups is 1. The van der Waals surface area contributed by atoms with E-state index in [1.807, 2.05) is 25.1 Å². The Labute approximate surface area is 150 Å². The van der Waals surface area contributed by atoms with Gasteiger partial charge in [0, 0.05) is 11.1 Å². The average Bonchev–Trinajstić information content (AvgIpc) is 2.59. The molecule has 4 nitrogen and oxygen atoms in total. The van der Waals surface area contributed by atoms with Gasteiger partial charge in [0.1, 0.15) is 12.3 Å². The molecule has 0 radical (unpaired) electrons. The van der Waals surface area contributed by atoms with Crippen molar-refractivity contribution in [3.8, 4) is 5.75 Å². The second-order valence-corrected chi connectivity index (χ2v) is 7.01. The van der Waals surface area contributed by atoms with Gasteiger partial charge >= 0.3 is 0 Å². The zero-order valence-corrected chi connectivity index (χ0v) is 15.4. The van der Waals surface area contributed by atoms with E-state index in [1.165, 1.54) is 16.7 Å². The van der Waals surface area contributed by atoms with E-state index in [9.17, 15) is 5.11 Å². The summed E-state index contributed by atoms with van der Waals surface area (Å²) in [5, 5.41) is 16.8. The van der Waals surface area contributed by atoms with E-state index in [0.717, 1.165) is 44.0 Å². The van der Waals surface area contributed by atoms with Crippen LogP contribution in [0.1, 0.15) is 29.2 Å². The maximum absolute atomic E-state index is 9.96. The molecule has 4 heteroatoms. The molecule has 0 amide bonds. The van der Waals surface area contributed by atoms with Crippen LogP contribution >= 0.6 is 0 Å². The summed E-state index contributed by atoms with van der Waals surface area (Å²) in [6, 6.07) is 14.1. The fourth-order valence-corrected chi connectivity index (χ4v) is 3.45. The van der Waals surface area contributed by atoms with E-state index in [0.29, 0.717) is 5.75 Å². The number of aryl methyl sites for hydroxylation is 2. The van der Waals surface area contributed by atoms with Crippen LogP contribution in [0.15, 0.2) is 47.6 Å². The molecule has 0 aliphatic carbocycles.